The van der Waals surface area contributed by atoms with E-state index in [0.29, 0.717) is 24.9 Å². The average Bonchev–Trinajstić information content (AvgIpc) is 2.65. The number of piperidine rings is 1. The van der Waals surface area contributed by atoms with Gasteiger partial charge < -0.3 is 9.64 Å². The summed E-state index contributed by atoms with van der Waals surface area (Å²) >= 11 is -2.30. The molecule has 7 nitrogen and oxygen atoms in total. The van der Waals surface area contributed by atoms with Gasteiger partial charge in [-0.1, -0.05) is 0 Å². The highest BCUT2D eigenvalue weighted by Gasteiger charge is 2.60. The van der Waals surface area contributed by atoms with E-state index < -0.39 is 35.8 Å². The molecule has 1 aromatic heterocycles. The van der Waals surface area contributed by atoms with Crippen molar-refractivity contribution in [1.29, 1.82) is 0 Å². The fourth-order valence-corrected chi connectivity index (χ4v) is 3.55. The lowest BCUT2D eigenvalue weighted by molar-refractivity contribution is -0.308. The van der Waals surface area contributed by atoms with E-state index in [9.17, 15) is 39.9 Å². The van der Waals surface area contributed by atoms with Crippen LogP contribution in [0.2, 0.25) is 0 Å². The molecule has 0 aliphatic carbocycles. The number of rotatable bonds is 6. The van der Waals surface area contributed by atoms with Gasteiger partial charge in [-0.15, -0.1) is 0 Å². The summed E-state index contributed by atoms with van der Waals surface area (Å²) in [5.74, 6) is -0.0437. The van der Waals surface area contributed by atoms with E-state index in [2.05, 4.69) is 9.72 Å². The van der Waals surface area contributed by atoms with Crippen LogP contribution in [-0.2, 0) is 16.0 Å². The van der Waals surface area contributed by atoms with Crippen molar-refractivity contribution in [3.8, 4) is 0 Å². The van der Waals surface area contributed by atoms with E-state index in [4.69, 9.17) is 0 Å². The van der Waals surface area contributed by atoms with Crippen molar-refractivity contribution in [3.05, 3.63) is 24.5 Å². The quantitative estimate of drug-likeness (QED) is 0.513. The maximum absolute atomic E-state index is 12.5. The number of halogens is 6. The molecular formula is C16H19F6N3O4S. The van der Waals surface area contributed by atoms with Crippen molar-refractivity contribution in [2.75, 3.05) is 23.9 Å². The van der Waals surface area contributed by atoms with Gasteiger partial charge in [0.2, 0.25) is 0 Å². The molecule has 1 aromatic rings. The molecule has 2 heterocycles. The summed E-state index contributed by atoms with van der Waals surface area (Å²) in [7, 11) is 0. The fourth-order valence-electron chi connectivity index (χ4n) is 3.00. The Morgan fingerprint density at radius 3 is 2.33 bits per heavy atom. The van der Waals surface area contributed by atoms with E-state index in [0.717, 1.165) is 4.90 Å². The Kier molecular flexibility index (Phi) is 7.91. The zero-order chi connectivity index (χ0) is 22.5. The van der Waals surface area contributed by atoms with Crippen molar-refractivity contribution in [1.82, 2.24) is 9.88 Å². The molecule has 1 saturated heterocycles. The highest BCUT2D eigenvalue weighted by molar-refractivity contribution is 7.80. The monoisotopic (exact) mass is 463 g/mol. The summed E-state index contributed by atoms with van der Waals surface area (Å²) < 4.78 is 101. The number of hydrogen-bond acceptors (Lipinski definition) is 4. The third-order valence-corrected chi connectivity index (χ3v) is 5.32. The number of carbonyl (C=O) groups excluding carboxylic acids is 1. The van der Waals surface area contributed by atoms with Crippen LogP contribution in [0.5, 0.6) is 0 Å². The number of hydrogen-bond donors (Lipinski definition) is 1. The molecule has 1 atom stereocenters. The third-order valence-electron chi connectivity index (χ3n) is 4.55. The number of alkyl halides is 6. The van der Waals surface area contributed by atoms with E-state index in [1.54, 1.807) is 12.1 Å². The molecule has 1 unspecified atom stereocenters. The summed E-state index contributed by atoms with van der Waals surface area (Å²) in [6.07, 6.45) is -13.4. The predicted octanol–water partition coefficient (Wildman–Crippen LogP) is 3.76. The number of pyridine rings is 1. The summed E-state index contributed by atoms with van der Waals surface area (Å²) in [6, 6.07) is 3.19. The normalized spacial score (nSPS) is 17.1. The van der Waals surface area contributed by atoms with Crippen LogP contribution in [0, 0.1) is 5.92 Å². The van der Waals surface area contributed by atoms with Crippen molar-refractivity contribution in [2.45, 2.75) is 37.7 Å². The SMILES string of the molecule is O=C(OC(C(F)(F)F)C(F)(F)F)N1CCC(CCN(c2cccnc2)S(=O)O)CC1. The first kappa shape index (κ1) is 24.2. The van der Waals surface area contributed by atoms with E-state index in [1.807, 2.05) is 0 Å². The Morgan fingerprint density at radius 2 is 1.87 bits per heavy atom. The second-order valence-electron chi connectivity index (χ2n) is 6.61. The second kappa shape index (κ2) is 9.81. The Labute approximate surface area is 170 Å². The van der Waals surface area contributed by atoms with Gasteiger partial charge in [-0.2, -0.15) is 26.3 Å². The molecule has 0 saturated carbocycles. The molecule has 1 fully saturated rings. The summed E-state index contributed by atoms with van der Waals surface area (Å²) in [5, 5.41) is 0. The van der Waals surface area contributed by atoms with Gasteiger partial charge in [-0.05, 0) is 37.3 Å². The number of nitrogens with zero attached hydrogens (tertiary/aromatic N) is 3. The zero-order valence-corrected chi connectivity index (χ0v) is 16.2. The average molecular weight is 463 g/mol. The van der Waals surface area contributed by atoms with Crippen molar-refractivity contribution in [2.24, 2.45) is 5.92 Å². The van der Waals surface area contributed by atoms with Crippen molar-refractivity contribution >= 4 is 23.0 Å². The van der Waals surface area contributed by atoms with Crippen molar-refractivity contribution in [3.63, 3.8) is 0 Å². The van der Waals surface area contributed by atoms with E-state index in [-0.39, 0.29) is 25.6 Å². The van der Waals surface area contributed by atoms with Crippen molar-refractivity contribution < 1.29 is 44.6 Å². The maximum atomic E-state index is 12.5. The first-order valence-corrected chi connectivity index (χ1v) is 9.83. The van der Waals surface area contributed by atoms with Crippen LogP contribution in [0.4, 0.5) is 36.8 Å². The second-order valence-corrected chi connectivity index (χ2v) is 7.51. The number of ether oxygens (including phenoxy) is 1. The smallest absolute Gasteiger partial charge is 0.426 e. The molecule has 2 rings (SSSR count). The van der Waals surface area contributed by atoms with Gasteiger partial charge >= 0.3 is 18.4 Å². The summed E-state index contributed by atoms with van der Waals surface area (Å²) in [4.78, 5) is 16.4. The first-order valence-electron chi connectivity index (χ1n) is 8.77. The molecule has 170 valence electrons. The lowest BCUT2D eigenvalue weighted by Crippen LogP contribution is -2.49. The highest BCUT2D eigenvalue weighted by Crippen LogP contribution is 2.36. The summed E-state index contributed by atoms with van der Waals surface area (Å²) in [6.45, 7) is 0.0101. The molecule has 0 radical (unpaired) electrons. The molecule has 0 spiro atoms. The Balaban J connectivity index is 1.87. The van der Waals surface area contributed by atoms with Gasteiger partial charge in [0.05, 0.1) is 11.9 Å². The van der Waals surface area contributed by atoms with Gasteiger partial charge in [-0.3, -0.25) is 13.8 Å². The van der Waals surface area contributed by atoms with Gasteiger partial charge in [0, 0.05) is 25.8 Å². The third kappa shape index (κ3) is 6.72. The largest absolute Gasteiger partial charge is 0.434 e. The molecule has 14 heteroatoms. The number of likely N-dealkylation sites (tertiary alicyclic amines) is 1. The zero-order valence-electron chi connectivity index (χ0n) is 15.4. The number of amides is 1. The van der Waals surface area contributed by atoms with Crippen LogP contribution in [0.25, 0.3) is 0 Å². The van der Waals surface area contributed by atoms with E-state index >= 15 is 0 Å². The maximum Gasteiger partial charge on any atom is 0.434 e. The number of aromatic nitrogens is 1. The Hall–Kier alpha value is -2.09. The molecule has 1 aliphatic rings. The summed E-state index contributed by atoms with van der Waals surface area (Å²) in [5.41, 5.74) is 0.421. The van der Waals surface area contributed by atoms with Crippen LogP contribution in [0.15, 0.2) is 24.5 Å². The minimum atomic E-state index is -5.76. The Bertz CT molecular complexity index is 712. The molecule has 1 N–H and O–H groups in total. The first-order chi connectivity index (χ1) is 13.9. The Morgan fingerprint density at radius 1 is 1.27 bits per heavy atom. The number of carbonyl (C=O) groups is 1. The van der Waals surface area contributed by atoms with Gasteiger partial charge in [0.1, 0.15) is 0 Å². The molecule has 30 heavy (non-hydrogen) atoms. The van der Waals surface area contributed by atoms with Crippen LogP contribution >= 0.6 is 0 Å². The predicted molar refractivity (Wildman–Crippen MR) is 93.6 cm³/mol. The van der Waals surface area contributed by atoms with Gasteiger partial charge in [-0.25, -0.2) is 9.00 Å². The molecule has 0 bridgehead atoms. The molecule has 1 amide bonds. The van der Waals surface area contributed by atoms with Gasteiger partial charge in [0.15, 0.2) is 0 Å². The molecule has 1 aliphatic heterocycles. The molecule has 0 aromatic carbocycles. The molecular weight excluding hydrogens is 444 g/mol. The van der Waals surface area contributed by atoms with E-state index in [1.165, 1.54) is 16.7 Å². The van der Waals surface area contributed by atoms with Crippen LogP contribution in [-0.4, -0.2) is 62.8 Å². The minimum Gasteiger partial charge on any atom is -0.426 e. The van der Waals surface area contributed by atoms with Crippen LogP contribution in [0.1, 0.15) is 19.3 Å². The highest BCUT2D eigenvalue weighted by atomic mass is 32.2. The van der Waals surface area contributed by atoms with Crippen LogP contribution < -0.4 is 4.31 Å². The topological polar surface area (TPSA) is 83.0 Å². The van der Waals surface area contributed by atoms with Gasteiger partial charge in [0.25, 0.3) is 17.4 Å². The lowest BCUT2D eigenvalue weighted by atomic mass is 9.94. The van der Waals surface area contributed by atoms with Crippen LogP contribution in [0.3, 0.4) is 0 Å². The number of anilines is 1. The minimum absolute atomic E-state index is 0.0437. The fraction of sp³-hybridized carbons (Fsp3) is 0.625. The standard InChI is InChI=1S/C16H19F6N3O4S/c17-15(18,19)13(16(20,21)22)29-14(26)24-7-3-11(4-8-24)5-9-25(30(27)28)12-2-1-6-23-10-12/h1-2,6,10-11,13H,3-5,7-9H2,(H,27,28). The lowest BCUT2D eigenvalue weighted by Gasteiger charge is -2.33.